The van der Waals surface area contributed by atoms with Gasteiger partial charge in [-0.1, -0.05) is 41.4 Å². The fraction of sp³-hybridized carbons (Fsp3) is 0.500. The molecular weight excluding hydrogens is 402 g/mol. The summed E-state index contributed by atoms with van der Waals surface area (Å²) in [6.07, 6.45) is 0.820. The van der Waals surface area contributed by atoms with Gasteiger partial charge in [-0.3, -0.25) is 14.5 Å². The Kier molecular flexibility index (Phi) is 7.15. The highest BCUT2D eigenvalue weighted by atomic mass is 35.5. The molecule has 1 aromatic heterocycles. The van der Waals surface area contributed by atoms with Crippen molar-refractivity contribution in [1.29, 1.82) is 0 Å². The van der Waals surface area contributed by atoms with E-state index in [0.717, 1.165) is 18.5 Å². The van der Waals surface area contributed by atoms with Crippen molar-refractivity contribution in [3.05, 3.63) is 51.8 Å². The Hall–Kier alpha value is -2.38. The van der Waals surface area contributed by atoms with Gasteiger partial charge in [-0.25, -0.2) is 4.68 Å². The van der Waals surface area contributed by atoms with Gasteiger partial charge in [-0.05, 0) is 25.8 Å². The molecule has 2 aromatic rings. The van der Waals surface area contributed by atoms with Gasteiger partial charge in [0.05, 0.1) is 24.3 Å². The van der Waals surface area contributed by atoms with Crippen LogP contribution in [0.15, 0.2) is 24.3 Å². The lowest BCUT2D eigenvalue weighted by molar-refractivity contribution is -0.129. The van der Waals surface area contributed by atoms with E-state index in [2.05, 4.69) is 22.1 Å². The summed E-state index contributed by atoms with van der Waals surface area (Å²) in [4.78, 5) is 30.8. The molecule has 1 saturated heterocycles. The zero-order valence-electron chi connectivity index (χ0n) is 18.2. The molecular formula is C22H30ClN5O2. The molecule has 0 saturated carbocycles. The number of carbonyl (C=O) groups excluding carboxylic acids is 2. The Bertz CT molecular complexity index is 907. The SMILES string of the molecule is Cc1ccc(Cn2nc(C)c(C(=O)N3CCCN(CC(=O)N(C)C)CC3)c2Cl)cc1. The number of halogens is 1. The van der Waals surface area contributed by atoms with E-state index in [1.807, 2.05) is 30.9 Å². The van der Waals surface area contributed by atoms with Crippen LogP contribution in [0.2, 0.25) is 5.15 Å². The molecule has 1 aliphatic heterocycles. The zero-order valence-corrected chi connectivity index (χ0v) is 18.9. The number of amides is 2. The lowest BCUT2D eigenvalue weighted by Gasteiger charge is -2.22. The first-order valence-electron chi connectivity index (χ1n) is 10.3. The Balaban J connectivity index is 1.70. The largest absolute Gasteiger partial charge is 0.348 e. The van der Waals surface area contributed by atoms with Gasteiger partial charge in [0.2, 0.25) is 5.91 Å². The molecule has 2 amide bonds. The van der Waals surface area contributed by atoms with Gasteiger partial charge >= 0.3 is 0 Å². The molecule has 1 fully saturated rings. The fourth-order valence-electron chi connectivity index (χ4n) is 3.59. The predicted molar refractivity (Wildman–Crippen MR) is 118 cm³/mol. The maximum absolute atomic E-state index is 13.2. The highest BCUT2D eigenvalue weighted by Crippen LogP contribution is 2.23. The third-order valence-corrected chi connectivity index (χ3v) is 5.85. The number of nitrogens with zero attached hydrogens (tertiary/aromatic N) is 5. The first-order chi connectivity index (χ1) is 14.3. The Labute approximate surface area is 183 Å². The molecule has 0 unspecified atom stereocenters. The average Bonchev–Trinajstić information content (AvgIpc) is 2.86. The molecule has 162 valence electrons. The minimum atomic E-state index is -0.0894. The zero-order chi connectivity index (χ0) is 21.8. The second-order valence-corrected chi connectivity index (χ2v) is 8.46. The maximum Gasteiger partial charge on any atom is 0.258 e. The van der Waals surface area contributed by atoms with Crippen LogP contribution in [0.5, 0.6) is 0 Å². The van der Waals surface area contributed by atoms with E-state index in [-0.39, 0.29) is 11.8 Å². The Morgan fingerprint density at radius 3 is 2.43 bits per heavy atom. The van der Waals surface area contributed by atoms with E-state index >= 15 is 0 Å². The fourth-order valence-corrected chi connectivity index (χ4v) is 3.91. The van der Waals surface area contributed by atoms with Crippen LogP contribution in [-0.4, -0.2) is 83.1 Å². The smallest absolute Gasteiger partial charge is 0.258 e. The summed E-state index contributed by atoms with van der Waals surface area (Å²) in [7, 11) is 3.52. The summed E-state index contributed by atoms with van der Waals surface area (Å²) in [5.41, 5.74) is 3.39. The quantitative estimate of drug-likeness (QED) is 0.729. The van der Waals surface area contributed by atoms with Gasteiger partial charge in [0.15, 0.2) is 0 Å². The maximum atomic E-state index is 13.2. The third kappa shape index (κ3) is 5.21. The third-order valence-electron chi connectivity index (χ3n) is 5.47. The summed E-state index contributed by atoms with van der Waals surface area (Å²) in [5.74, 6) is -0.0144. The normalized spacial score (nSPS) is 15.2. The van der Waals surface area contributed by atoms with E-state index in [9.17, 15) is 9.59 Å². The van der Waals surface area contributed by atoms with Crippen LogP contribution >= 0.6 is 11.6 Å². The van der Waals surface area contributed by atoms with Crippen LogP contribution in [0.25, 0.3) is 0 Å². The van der Waals surface area contributed by atoms with E-state index in [4.69, 9.17) is 11.6 Å². The van der Waals surface area contributed by atoms with Crippen LogP contribution in [0.3, 0.4) is 0 Å². The molecule has 7 nitrogen and oxygen atoms in total. The molecule has 2 heterocycles. The predicted octanol–water partition coefficient (Wildman–Crippen LogP) is 2.44. The summed E-state index contributed by atoms with van der Waals surface area (Å²) < 4.78 is 1.69. The number of carbonyl (C=O) groups is 2. The minimum Gasteiger partial charge on any atom is -0.348 e. The second-order valence-electron chi connectivity index (χ2n) is 8.10. The van der Waals surface area contributed by atoms with E-state index in [1.165, 1.54) is 5.56 Å². The highest BCUT2D eigenvalue weighted by molar-refractivity contribution is 6.33. The summed E-state index contributed by atoms with van der Waals surface area (Å²) in [6, 6.07) is 8.19. The average molecular weight is 432 g/mol. The summed E-state index contributed by atoms with van der Waals surface area (Å²) >= 11 is 6.59. The van der Waals surface area contributed by atoms with E-state index in [1.54, 1.807) is 23.7 Å². The van der Waals surface area contributed by atoms with Crippen molar-refractivity contribution >= 4 is 23.4 Å². The number of aromatic nitrogens is 2. The molecule has 8 heteroatoms. The van der Waals surface area contributed by atoms with E-state index < -0.39 is 0 Å². The molecule has 0 aliphatic carbocycles. The van der Waals surface area contributed by atoms with Gasteiger partial charge in [-0.2, -0.15) is 5.10 Å². The molecule has 0 bridgehead atoms. The minimum absolute atomic E-state index is 0.0750. The van der Waals surface area contributed by atoms with Gasteiger partial charge in [0.25, 0.3) is 5.91 Å². The van der Waals surface area contributed by atoms with Crippen molar-refractivity contribution in [3.63, 3.8) is 0 Å². The van der Waals surface area contributed by atoms with E-state index in [0.29, 0.717) is 49.1 Å². The highest BCUT2D eigenvalue weighted by Gasteiger charge is 2.27. The number of aryl methyl sites for hydroxylation is 2. The number of likely N-dealkylation sites (N-methyl/N-ethyl adjacent to an activating group) is 1. The van der Waals surface area contributed by atoms with Crippen LogP contribution in [0.4, 0.5) is 0 Å². The molecule has 1 aromatic carbocycles. The standard InChI is InChI=1S/C22H30ClN5O2/c1-16-6-8-18(9-7-16)14-28-21(23)20(17(2)24-28)22(30)27-11-5-10-26(12-13-27)15-19(29)25(3)4/h6-9H,5,10-15H2,1-4H3. The first-order valence-corrected chi connectivity index (χ1v) is 10.6. The molecule has 0 atom stereocenters. The number of hydrogen-bond donors (Lipinski definition) is 0. The number of benzene rings is 1. The molecule has 0 N–H and O–H groups in total. The number of hydrogen-bond acceptors (Lipinski definition) is 4. The van der Waals surface area contributed by atoms with Crippen molar-refractivity contribution in [2.75, 3.05) is 46.8 Å². The van der Waals surface area contributed by atoms with Crippen molar-refractivity contribution in [3.8, 4) is 0 Å². The number of rotatable bonds is 5. The van der Waals surface area contributed by atoms with Crippen LogP contribution in [-0.2, 0) is 11.3 Å². The molecule has 0 spiro atoms. The Morgan fingerprint density at radius 2 is 1.77 bits per heavy atom. The monoisotopic (exact) mass is 431 g/mol. The van der Waals surface area contributed by atoms with Gasteiger partial charge in [0.1, 0.15) is 5.15 Å². The van der Waals surface area contributed by atoms with Crippen LogP contribution < -0.4 is 0 Å². The van der Waals surface area contributed by atoms with Gasteiger partial charge in [-0.15, -0.1) is 0 Å². The first kappa shape index (κ1) is 22.3. The van der Waals surface area contributed by atoms with Gasteiger partial charge < -0.3 is 9.80 Å². The molecule has 30 heavy (non-hydrogen) atoms. The van der Waals surface area contributed by atoms with Crippen LogP contribution in [0, 0.1) is 13.8 Å². The Morgan fingerprint density at radius 1 is 1.07 bits per heavy atom. The van der Waals surface area contributed by atoms with Crippen molar-refractivity contribution in [1.82, 2.24) is 24.5 Å². The summed E-state index contributed by atoms with van der Waals surface area (Å²) in [6.45, 7) is 7.44. The van der Waals surface area contributed by atoms with Crippen LogP contribution in [0.1, 0.15) is 33.6 Å². The van der Waals surface area contributed by atoms with Crippen molar-refractivity contribution in [2.24, 2.45) is 0 Å². The lowest BCUT2D eigenvalue weighted by atomic mass is 10.1. The molecule has 3 rings (SSSR count). The van der Waals surface area contributed by atoms with Gasteiger partial charge in [0, 0.05) is 40.3 Å². The second kappa shape index (κ2) is 9.62. The lowest BCUT2D eigenvalue weighted by Crippen LogP contribution is -2.39. The van der Waals surface area contributed by atoms with Crippen molar-refractivity contribution in [2.45, 2.75) is 26.8 Å². The molecule has 0 radical (unpaired) electrons. The summed E-state index contributed by atoms with van der Waals surface area (Å²) in [5, 5.41) is 4.89. The van der Waals surface area contributed by atoms with Crippen molar-refractivity contribution < 1.29 is 9.59 Å². The molecule has 1 aliphatic rings. The topological polar surface area (TPSA) is 61.7 Å².